The van der Waals surface area contributed by atoms with Crippen molar-refractivity contribution in [2.24, 2.45) is 0 Å². The van der Waals surface area contributed by atoms with Crippen LogP contribution in [0.1, 0.15) is 13.8 Å². The minimum absolute atomic E-state index is 0.0277. The van der Waals surface area contributed by atoms with Crippen LogP contribution in [0.4, 0.5) is 0 Å². The topological polar surface area (TPSA) is 63.7 Å². The molecule has 0 radical (unpaired) electrons. The van der Waals surface area contributed by atoms with Crippen molar-refractivity contribution in [1.82, 2.24) is 4.31 Å². The van der Waals surface area contributed by atoms with E-state index in [2.05, 4.69) is 0 Å². The number of carbonyl (C=O) groups excluding carboxylic acids is 1. The number of para-hydroxylation sites is 1. The van der Waals surface area contributed by atoms with Gasteiger partial charge in [0.15, 0.2) is 5.12 Å². The molecule has 0 spiro atoms. The molecule has 0 saturated carbocycles. The number of rotatable bonds is 7. The molecule has 2 aromatic carbocycles. The number of hydrogen-bond acceptors (Lipinski definition) is 5. The number of sulfonamides is 1. The Kier molecular flexibility index (Phi) is 6.64. The second-order valence-corrected chi connectivity index (χ2v) is 8.75. The minimum Gasteiger partial charge on any atom is -0.457 e. The number of thioether (sulfide) groups is 1. The summed E-state index contributed by atoms with van der Waals surface area (Å²) in [6.45, 7) is 3.25. The predicted molar refractivity (Wildman–Crippen MR) is 101 cm³/mol. The van der Waals surface area contributed by atoms with E-state index in [-0.39, 0.29) is 16.1 Å². The van der Waals surface area contributed by atoms with Crippen LogP contribution in [-0.4, -0.2) is 36.7 Å². The van der Waals surface area contributed by atoms with Gasteiger partial charge >= 0.3 is 0 Å². The van der Waals surface area contributed by atoms with Crippen molar-refractivity contribution in [3.63, 3.8) is 0 Å². The zero-order valence-corrected chi connectivity index (χ0v) is 16.0. The minimum atomic E-state index is -3.62. The molecule has 134 valence electrons. The lowest BCUT2D eigenvalue weighted by Crippen LogP contribution is -2.36. The maximum Gasteiger partial charge on any atom is 0.243 e. The molecule has 1 atom stereocenters. The molecule has 2 rings (SSSR count). The normalized spacial score (nSPS) is 12.8. The number of hydrogen-bond donors (Lipinski definition) is 0. The van der Waals surface area contributed by atoms with E-state index in [9.17, 15) is 13.2 Å². The van der Waals surface area contributed by atoms with E-state index >= 15 is 0 Å². The Hall–Kier alpha value is -1.83. The lowest BCUT2D eigenvalue weighted by molar-refractivity contribution is -0.109. The van der Waals surface area contributed by atoms with E-state index < -0.39 is 10.0 Å². The third-order valence-corrected chi connectivity index (χ3v) is 6.67. The van der Waals surface area contributed by atoms with Gasteiger partial charge in [-0.05, 0) is 43.3 Å². The molecular formula is C18H21NO4S2. The molecule has 25 heavy (non-hydrogen) atoms. The van der Waals surface area contributed by atoms with Crippen molar-refractivity contribution < 1.29 is 17.9 Å². The first-order valence-electron chi connectivity index (χ1n) is 7.75. The molecule has 0 aliphatic heterocycles. The van der Waals surface area contributed by atoms with Gasteiger partial charge in [0.05, 0.1) is 4.90 Å². The van der Waals surface area contributed by atoms with Gasteiger partial charge < -0.3 is 4.74 Å². The first-order valence-corrected chi connectivity index (χ1v) is 10.2. The van der Waals surface area contributed by atoms with Crippen molar-refractivity contribution in [3.05, 3.63) is 54.6 Å². The van der Waals surface area contributed by atoms with Gasteiger partial charge in [0.25, 0.3) is 0 Å². The quantitative estimate of drug-likeness (QED) is 0.733. The summed E-state index contributed by atoms with van der Waals surface area (Å²) in [5.74, 6) is 1.67. The van der Waals surface area contributed by atoms with E-state index in [0.717, 1.165) is 11.8 Å². The lowest BCUT2D eigenvalue weighted by atomic mass is 10.3. The van der Waals surface area contributed by atoms with Crippen LogP contribution < -0.4 is 4.74 Å². The van der Waals surface area contributed by atoms with Gasteiger partial charge in [-0.2, -0.15) is 4.31 Å². The highest BCUT2D eigenvalue weighted by molar-refractivity contribution is 8.13. The number of carbonyl (C=O) groups is 1. The largest absolute Gasteiger partial charge is 0.457 e. The molecule has 0 N–H and O–H groups in total. The van der Waals surface area contributed by atoms with Crippen LogP contribution in [0.5, 0.6) is 11.5 Å². The van der Waals surface area contributed by atoms with Crippen LogP contribution in [0.25, 0.3) is 0 Å². The summed E-state index contributed by atoms with van der Waals surface area (Å²) < 4.78 is 32.3. The summed E-state index contributed by atoms with van der Waals surface area (Å²) in [4.78, 5) is 11.2. The van der Waals surface area contributed by atoms with Gasteiger partial charge in [0, 0.05) is 25.8 Å². The second kappa shape index (κ2) is 8.51. The van der Waals surface area contributed by atoms with Gasteiger partial charge in [-0.1, -0.05) is 30.0 Å². The molecule has 0 heterocycles. The number of nitrogens with zero attached hydrogens (tertiary/aromatic N) is 1. The molecule has 1 unspecified atom stereocenters. The summed E-state index contributed by atoms with van der Waals surface area (Å²) in [5.41, 5.74) is 0. The Morgan fingerprint density at radius 3 is 2.20 bits per heavy atom. The standard InChI is InChI=1S/C18H21NO4S2/c1-14(13-24-15(2)20)19(3)25(21,22)18-11-9-17(10-12-18)23-16-7-5-4-6-8-16/h4-12,14H,13H2,1-3H3. The molecule has 0 amide bonds. The van der Waals surface area contributed by atoms with Crippen molar-refractivity contribution in [2.75, 3.05) is 12.8 Å². The van der Waals surface area contributed by atoms with Crippen LogP contribution >= 0.6 is 11.8 Å². The van der Waals surface area contributed by atoms with Crippen LogP contribution in [0, 0.1) is 0 Å². The lowest BCUT2D eigenvalue weighted by Gasteiger charge is -2.23. The summed E-state index contributed by atoms with van der Waals surface area (Å²) in [6, 6.07) is 15.3. The van der Waals surface area contributed by atoms with E-state index in [0.29, 0.717) is 17.3 Å². The molecule has 7 heteroatoms. The number of ether oxygens (including phenoxy) is 1. The van der Waals surface area contributed by atoms with Gasteiger partial charge in [-0.25, -0.2) is 8.42 Å². The smallest absolute Gasteiger partial charge is 0.243 e. The van der Waals surface area contributed by atoms with Crippen molar-refractivity contribution in [1.29, 1.82) is 0 Å². The predicted octanol–water partition coefficient (Wildman–Crippen LogP) is 3.77. The summed E-state index contributed by atoms with van der Waals surface area (Å²) in [5, 5.41) is -0.0277. The van der Waals surface area contributed by atoms with E-state index in [4.69, 9.17) is 4.74 Å². The summed E-state index contributed by atoms with van der Waals surface area (Å²) >= 11 is 1.12. The maximum atomic E-state index is 12.7. The Morgan fingerprint density at radius 1 is 1.08 bits per heavy atom. The molecule has 5 nitrogen and oxygen atoms in total. The van der Waals surface area contributed by atoms with Gasteiger partial charge in [-0.3, -0.25) is 4.79 Å². The van der Waals surface area contributed by atoms with Crippen molar-refractivity contribution in [2.45, 2.75) is 24.8 Å². The highest BCUT2D eigenvalue weighted by Crippen LogP contribution is 2.24. The fourth-order valence-corrected chi connectivity index (χ4v) is 4.21. The first kappa shape index (κ1) is 19.5. The Balaban J connectivity index is 2.10. The highest BCUT2D eigenvalue weighted by Gasteiger charge is 2.25. The summed E-state index contributed by atoms with van der Waals surface area (Å²) in [6.07, 6.45) is 0. The average molecular weight is 380 g/mol. The van der Waals surface area contributed by atoms with E-state index in [1.807, 2.05) is 30.3 Å². The molecule has 0 fully saturated rings. The van der Waals surface area contributed by atoms with Crippen LogP contribution in [-0.2, 0) is 14.8 Å². The molecule has 0 bridgehead atoms. The molecular weight excluding hydrogens is 358 g/mol. The summed E-state index contributed by atoms with van der Waals surface area (Å²) in [7, 11) is -2.10. The molecule has 0 aliphatic rings. The maximum absolute atomic E-state index is 12.7. The Labute approximate surface area is 153 Å². The van der Waals surface area contributed by atoms with Crippen LogP contribution in [0.15, 0.2) is 59.5 Å². The van der Waals surface area contributed by atoms with Crippen molar-refractivity contribution in [3.8, 4) is 11.5 Å². The van der Waals surface area contributed by atoms with Crippen LogP contribution in [0.3, 0.4) is 0 Å². The van der Waals surface area contributed by atoms with E-state index in [1.165, 1.54) is 30.4 Å². The molecule has 0 aliphatic carbocycles. The monoisotopic (exact) mass is 379 g/mol. The average Bonchev–Trinajstić information content (AvgIpc) is 2.60. The third kappa shape index (κ3) is 5.32. The Bertz CT molecular complexity index is 805. The zero-order valence-electron chi connectivity index (χ0n) is 14.4. The van der Waals surface area contributed by atoms with Gasteiger partial charge in [-0.15, -0.1) is 0 Å². The number of benzene rings is 2. The van der Waals surface area contributed by atoms with Gasteiger partial charge in [0.2, 0.25) is 10.0 Å². The second-order valence-electron chi connectivity index (χ2n) is 5.56. The van der Waals surface area contributed by atoms with Gasteiger partial charge in [0.1, 0.15) is 11.5 Å². The van der Waals surface area contributed by atoms with Crippen molar-refractivity contribution >= 4 is 26.9 Å². The molecule has 2 aromatic rings. The fraction of sp³-hybridized carbons (Fsp3) is 0.278. The third-order valence-electron chi connectivity index (χ3n) is 3.63. The molecule has 0 aromatic heterocycles. The van der Waals surface area contributed by atoms with Crippen LogP contribution in [0.2, 0.25) is 0 Å². The SMILES string of the molecule is CC(=O)SCC(C)N(C)S(=O)(=O)c1ccc(Oc2ccccc2)cc1. The van der Waals surface area contributed by atoms with E-state index in [1.54, 1.807) is 19.1 Å². The highest BCUT2D eigenvalue weighted by atomic mass is 32.2. The Morgan fingerprint density at radius 2 is 1.64 bits per heavy atom. The fourth-order valence-electron chi connectivity index (χ4n) is 2.05. The zero-order chi connectivity index (χ0) is 18.4. The molecule has 0 saturated heterocycles. The first-order chi connectivity index (χ1) is 11.8.